The van der Waals surface area contributed by atoms with Crippen LogP contribution in [0.2, 0.25) is 0 Å². The van der Waals surface area contributed by atoms with Crippen molar-refractivity contribution in [1.29, 1.82) is 0 Å². The van der Waals surface area contributed by atoms with Crippen molar-refractivity contribution < 1.29 is 32.7 Å². The molecular weight excluding hydrogens is 269 g/mol. The zero-order valence-electron chi connectivity index (χ0n) is 9.70. The van der Waals surface area contributed by atoms with E-state index in [9.17, 15) is 0 Å². The van der Waals surface area contributed by atoms with E-state index in [2.05, 4.69) is 50.2 Å². The van der Waals surface area contributed by atoms with E-state index in [4.69, 9.17) is 0 Å². The maximum atomic E-state index is 3.29. The Bertz CT molecular complexity index is 376. The van der Waals surface area contributed by atoms with Crippen molar-refractivity contribution in [3.8, 4) is 0 Å². The summed E-state index contributed by atoms with van der Waals surface area (Å²) in [5.41, 5.74) is 2.38. The van der Waals surface area contributed by atoms with Crippen LogP contribution in [0.4, 0.5) is 0 Å². The van der Waals surface area contributed by atoms with Crippen LogP contribution in [0.25, 0.3) is 0 Å². The standard InChI is InChI=1S/C15H14.Y/c1-15(2,13-9-5-3-6-10-13)14-11-7-4-8-12-14;/h3-9,11H,1-2H3;/q-2;. The van der Waals surface area contributed by atoms with Crippen LogP contribution in [0.1, 0.15) is 25.0 Å². The molecule has 0 bridgehead atoms. The summed E-state index contributed by atoms with van der Waals surface area (Å²) < 4.78 is 0. The molecule has 0 aliphatic rings. The van der Waals surface area contributed by atoms with Gasteiger partial charge in [-0.2, -0.15) is 71.8 Å². The van der Waals surface area contributed by atoms with Gasteiger partial charge in [-0.3, -0.25) is 0 Å². The second kappa shape index (κ2) is 5.75. The first-order valence-electron chi connectivity index (χ1n) is 5.15. The quantitative estimate of drug-likeness (QED) is 0.739. The Morgan fingerprint density at radius 3 is 1.56 bits per heavy atom. The van der Waals surface area contributed by atoms with Crippen molar-refractivity contribution in [2.24, 2.45) is 0 Å². The van der Waals surface area contributed by atoms with Gasteiger partial charge in [0.1, 0.15) is 0 Å². The summed E-state index contributed by atoms with van der Waals surface area (Å²) in [7, 11) is 0. The van der Waals surface area contributed by atoms with E-state index < -0.39 is 0 Å². The molecule has 0 spiro atoms. The van der Waals surface area contributed by atoms with E-state index in [1.807, 2.05) is 24.3 Å². The largest absolute Gasteiger partial charge is 0.180 e. The van der Waals surface area contributed by atoms with Crippen molar-refractivity contribution in [2.75, 3.05) is 0 Å². The van der Waals surface area contributed by atoms with Crippen LogP contribution in [-0.2, 0) is 38.1 Å². The predicted molar refractivity (Wildman–Crippen MR) is 62.7 cm³/mol. The fraction of sp³-hybridized carbons (Fsp3) is 0.200. The number of benzene rings is 2. The Labute approximate surface area is 123 Å². The van der Waals surface area contributed by atoms with Crippen LogP contribution in [0.5, 0.6) is 0 Å². The second-order valence-electron chi connectivity index (χ2n) is 4.18. The zero-order valence-corrected chi connectivity index (χ0v) is 12.5. The summed E-state index contributed by atoms with van der Waals surface area (Å²) in [5, 5.41) is 0. The molecular formula is C15H14Y-2. The Balaban J connectivity index is 0.00000128. The number of hydrogen-bond acceptors (Lipinski definition) is 0. The first-order chi connectivity index (χ1) is 7.21. The molecule has 79 valence electrons. The maximum Gasteiger partial charge on any atom is 0 e. The molecule has 0 atom stereocenters. The predicted octanol–water partition coefficient (Wildman–Crippen LogP) is 3.61. The van der Waals surface area contributed by atoms with E-state index in [0.717, 1.165) is 0 Å². The summed E-state index contributed by atoms with van der Waals surface area (Å²) in [6, 6.07) is 22.8. The van der Waals surface area contributed by atoms with Gasteiger partial charge < -0.3 is 0 Å². The third kappa shape index (κ3) is 2.81. The molecule has 16 heavy (non-hydrogen) atoms. The topological polar surface area (TPSA) is 0 Å². The molecule has 2 rings (SSSR count). The first kappa shape index (κ1) is 13.6. The monoisotopic (exact) mass is 283 g/mol. The summed E-state index contributed by atoms with van der Waals surface area (Å²) in [4.78, 5) is 0. The summed E-state index contributed by atoms with van der Waals surface area (Å²) >= 11 is 0. The smallest absolute Gasteiger partial charge is 0 e. The second-order valence-corrected chi connectivity index (χ2v) is 4.18. The van der Waals surface area contributed by atoms with Gasteiger partial charge in [0.15, 0.2) is 0 Å². The van der Waals surface area contributed by atoms with E-state index in [1.165, 1.54) is 11.1 Å². The van der Waals surface area contributed by atoms with Crippen molar-refractivity contribution in [2.45, 2.75) is 19.3 Å². The maximum absolute atomic E-state index is 3.29. The molecule has 2 aromatic carbocycles. The third-order valence-corrected chi connectivity index (χ3v) is 2.76. The van der Waals surface area contributed by atoms with Crippen molar-refractivity contribution >= 4 is 0 Å². The van der Waals surface area contributed by atoms with Gasteiger partial charge in [-0.25, -0.2) is 0 Å². The van der Waals surface area contributed by atoms with Crippen LogP contribution < -0.4 is 0 Å². The molecule has 0 amide bonds. The fourth-order valence-electron chi connectivity index (χ4n) is 1.71. The van der Waals surface area contributed by atoms with Crippen molar-refractivity contribution in [3.05, 3.63) is 71.8 Å². The molecule has 0 aliphatic carbocycles. The van der Waals surface area contributed by atoms with Crippen LogP contribution >= 0.6 is 0 Å². The molecule has 0 saturated carbocycles. The Morgan fingerprint density at radius 2 is 1.25 bits per heavy atom. The molecule has 1 heteroatoms. The summed E-state index contributed by atoms with van der Waals surface area (Å²) in [6.45, 7) is 4.40. The van der Waals surface area contributed by atoms with E-state index in [1.54, 1.807) is 0 Å². The molecule has 0 nitrogen and oxygen atoms in total. The fourth-order valence-corrected chi connectivity index (χ4v) is 1.71. The molecule has 0 unspecified atom stereocenters. The average Bonchev–Trinajstić information content (AvgIpc) is 2.31. The van der Waals surface area contributed by atoms with Gasteiger partial charge in [0, 0.05) is 32.7 Å². The molecule has 0 aliphatic heterocycles. The number of rotatable bonds is 2. The number of hydrogen-bond donors (Lipinski definition) is 0. The van der Waals surface area contributed by atoms with Gasteiger partial charge in [0.2, 0.25) is 0 Å². The summed E-state index contributed by atoms with van der Waals surface area (Å²) in [6.07, 6.45) is 0. The van der Waals surface area contributed by atoms with Gasteiger partial charge in [-0.15, -0.1) is 0 Å². The SMILES string of the molecule is CC(C)(c1[c-]cccc1)c1[c-]cccc1.[Y]. The van der Waals surface area contributed by atoms with E-state index >= 15 is 0 Å². The van der Waals surface area contributed by atoms with Crippen molar-refractivity contribution in [3.63, 3.8) is 0 Å². The first-order valence-corrected chi connectivity index (χ1v) is 5.15. The minimum absolute atomic E-state index is 0. The molecule has 0 N–H and O–H groups in total. The van der Waals surface area contributed by atoms with Gasteiger partial charge in [-0.05, 0) is 5.41 Å². The van der Waals surface area contributed by atoms with Crippen LogP contribution in [0, 0.1) is 12.1 Å². The minimum Gasteiger partial charge on any atom is -0.180 e. The Kier molecular flexibility index (Phi) is 4.89. The van der Waals surface area contributed by atoms with E-state index in [0.29, 0.717) is 0 Å². The third-order valence-electron chi connectivity index (χ3n) is 2.76. The molecule has 0 heterocycles. The van der Waals surface area contributed by atoms with Gasteiger partial charge in [-0.1, -0.05) is 13.8 Å². The minimum atomic E-state index is -0.0253. The summed E-state index contributed by atoms with van der Waals surface area (Å²) in [5.74, 6) is 0. The average molecular weight is 283 g/mol. The van der Waals surface area contributed by atoms with Gasteiger partial charge in [0.05, 0.1) is 0 Å². The molecule has 0 aromatic heterocycles. The van der Waals surface area contributed by atoms with E-state index in [-0.39, 0.29) is 38.1 Å². The Morgan fingerprint density at radius 1 is 0.812 bits per heavy atom. The van der Waals surface area contributed by atoms with Crippen LogP contribution in [0.15, 0.2) is 48.5 Å². The Hall–Kier alpha value is -0.456. The normalized spacial score (nSPS) is 10.6. The van der Waals surface area contributed by atoms with Crippen LogP contribution in [0.3, 0.4) is 0 Å². The molecule has 2 aromatic rings. The molecule has 1 radical (unpaired) electrons. The van der Waals surface area contributed by atoms with Crippen molar-refractivity contribution in [1.82, 2.24) is 0 Å². The molecule has 0 saturated heterocycles. The zero-order chi connectivity index (χ0) is 10.7. The van der Waals surface area contributed by atoms with Crippen LogP contribution in [-0.4, -0.2) is 0 Å². The van der Waals surface area contributed by atoms with Gasteiger partial charge >= 0.3 is 0 Å². The molecule has 0 fully saturated rings. The van der Waals surface area contributed by atoms with Gasteiger partial charge in [0.25, 0.3) is 0 Å².